The third-order valence-electron chi connectivity index (χ3n) is 3.38. The Morgan fingerprint density at radius 1 is 1.61 bits per heavy atom. The molecule has 1 heterocycles. The summed E-state index contributed by atoms with van der Waals surface area (Å²) in [5, 5.41) is 13.6. The van der Waals surface area contributed by atoms with E-state index in [1.807, 2.05) is 0 Å². The predicted molar refractivity (Wildman–Crippen MR) is 71.8 cm³/mol. The Morgan fingerprint density at radius 3 is 3.11 bits per heavy atom. The summed E-state index contributed by atoms with van der Waals surface area (Å²) in [5.74, 6) is 0.158. The third kappa shape index (κ3) is 3.29. The lowest BCUT2D eigenvalue weighted by atomic mass is 10.1. The van der Waals surface area contributed by atoms with E-state index in [0.717, 1.165) is 37.1 Å². The fourth-order valence-corrected chi connectivity index (χ4v) is 3.25. The Labute approximate surface area is 111 Å². The number of carbonyl (C=O) groups is 1. The lowest BCUT2D eigenvalue weighted by molar-refractivity contribution is 0.0920. The van der Waals surface area contributed by atoms with Crippen LogP contribution in [0.25, 0.3) is 0 Å². The molecular formula is C13H20N2O2S. The van der Waals surface area contributed by atoms with Crippen LogP contribution < -0.4 is 5.32 Å². The molecule has 1 aliphatic carbocycles. The number of nitrogens with one attached hydrogen (secondary N) is 1. The van der Waals surface area contributed by atoms with Crippen molar-refractivity contribution >= 4 is 17.2 Å². The first-order chi connectivity index (χ1) is 8.70. The van der Waals surface area contributed by atoms with Crippen LogP contribution in [0.3, 0.4) is 0 Å². The molecule has 2 N–H and O–H groups in total. The molecule has 1 amide bonds. The van der Waals surface area contributed by atoms with Gasteiger partial charge in [0.2, 0.25) is 0 Å². The summed E-state index contributed by atoms with van der Waals surface area (Å²) < 4.78 is 0. The summed E-state index contributed by atoms with van der Waals surface area (Å²) in [6.45, 7) is 2.67. The third-order valence-corrected chi connectivity index (χ3v) is 4.44. The fraction of sp³-hybridized carbons (Fsp3) is 0.692. The number of aromatic nitrogens is 1. The molecule has 5 heteroatoms. The van der Waals surface area contributed by atoms with E-state index in [9.17, 15) is 9.90 Å². The Kier molecular flexibility index (Phi) is 4.72. The molecule has 0 aliphatic heterocycles. The van der Waals surface area contributed by atoms with Crippen molar-refractivity contribution in [2.24, 2.45) is 5.92 Å². The zero-order chi connectivity index (χ0) is 13.0. The summed E-state index contributed by atoms with van der Waals surface area (Å²) in [4.78, 5) is 16.8. The first-order valence-electron chi connectivity index (χ1n) is 6.61. The van der Waals surface area contributed by atoms with Gasteiger partial charge in [0.15, 0.2) is 0 Å². The van der Waals surface area contributed by atoms with E-state index < -0.39 is 0 Å². The smallest absolute Gasteiger partial charge is 0.263 e. The minimum atomic E-state index is -0.248. The quantitative estimate of drug-likeness (QED) is 0.858. The van der Waals surface area contributed by atoms with E-state index in [0.29, 0.717) is 11.4 Å². The van der Waals surface area contributed by atoms with E-state index >= 15 is 0 Å². The van der Waals surface area contributed by atoms with E-state index in [4.69, 9.17) is 0 Å². The average Bonchev–Trinajstić information content (AvgIpc) is 2.96. The highest BCUT2D eigenvalue weighted by atomic mass is 32.1. The maximum Gasteiger partial charge on any atom is 0.263 e. The highest BCUT2D eigenvalue weighted by Gasteiger charge is 2.25. The van der Waals surface area contributed by atoms with Crippen molar-refractivity contribution in [2.45, 2.75) is 45.1 Å². The van der Waals surface area contributed by atoms with Crippen molar-refractivity contribution in [1.82, 2.24) is 10.3 Å². The molecule has 2 atom stereocenters. The highest BCUT2D eigenvalue weighted by molar-refractivity contribution is 7.13. The molecule has 2 unspecified atom stereocenters. The Bertz CT molecular complexity index is 405. The fourth-order valence-electron chi connectivity index (χ4n) is 2.31. The number of nitrogens with zero attached hydrogens (tertiary/aromatic N) is 1. The van der Waals surface area contributed by atoms with E-state index in [-0.39, 0.29) is 17.9 Å². The average molecular weight is 268 g/mol. The maximum atomic E-state index is 11.9. The number of aliphatic hydroxyl groups is 1. The summed E-state index contributed by atoms with van der Waals surface area (Å²) in [7, 11) is 0. The second-order valence-electron chi connectivity index (χ2n) is 4.84. The van der Waals surface area contributed by atoms with Gasteiger partial charge in [0.1, 0.15) is 4.88 Å². The number of thiazole rings is 1. The minimum Gasteiger partial charge on any atom is -0.393 e. The summed E-state index contributed by atoms with van der Waals surface area (Å²) in [6.07, 6.45) is 6.30. The molecule has 0 spiro atoms. The number of hydrogen-bond acceptors (Lipinski definition) is 4. The number of hydrogen-bond donors (Lipinski definition) is 2. The Hall–Kier alpha value is -0.940. The van der Waals surface area contributed by atoms with Gasteiger partial charge in [0, 0.05) is 12.5 Å². The van der Waals surface area contributed by atoms with Crippen LogP contribution in [0.1, 0.15) is 47.3 Å². The molecule has 1 fully saturated rings. The summed E-state index contributed by atoms with van der Waals surface area (Å²) in [6, 6.07) is 0. The highest BCUT2D eigenvalue weighted by Crippen LogP contribution is 2.24. The predicted octanol–water partition coefficient (Wildman–Crippen LogP) is 1.99. The van der Waals surface area contributed by atoms with Crippen molar-refractivity contribution in [3.63, 3.8) is 0 Å². The normalized spacial score (nSPS) is 23.2. The van der Waals surface area contributed by atoms with Crippen LogP contribution in [0.15, 0.2) is 6.20 Å². The standard InChI is InChI=1S/C13H20N2O2S/c1-2-4-12-14-8-11(18-12)13(17)15-7-9-5-3-6-10(9)16/h8-10,16H,2-7H2,1H3,(H,15,17). The van der Waals surface area contributed by atoms with Gasteiger partial charge in [-0.2, -0.15) is 0 Å². The molecule has 18 heavy (non-hydrogen) atoms. The zero-order valence-corrected chi connectivity index (χ0v) is 11.5. The van der Waals surface area contributed by atoms with Crippen LogP contribution in [0.5, 0.6) is 0 Å². The molecule has 1 aromatic heterocycles. The number of aryl methyl sites for hydroxylation is 1. The Balaban J connectivity index is 1.83. The number of aliphatic hydroxyl groups excluding tert-OH is 1. The second-order valence-corrected chi connectivity index (χ2v) is 5.95. The molecule has 1 saturated carbocycles. The summed E-state index contributed by atoms with van der Waals surface area (Å²) >= 11 is 1.46. The molecule has 4 nitrogen and oxygen atoms in total. The van der Waals surface area contributed by atoms with Crippen molar-refractivity contribution in [1.29, 1.82) is 0 Å². The van der Waals surface area contributed by atoms with Crippen LogP contribution in [0.2, 0.25) is 0 Å². The topological polar surface area (TPSA) is 62.2 Å². The van der Waals surface area contributed by atoms with Crippen LogP contribution in [0.4, 0.5) is 0 Å². The molecule has 1 aromatic rings. The second kappa shape index (κ2) is 6.29. The van der Waals surface area contributed by atoms with Crippen molar-refractivity contribution in [2.75, 3.05) is 6.54 Å². The van der Waals surface area contributed by atoms with Crippen LogP contribution in [-0.4, -0.2) is 28.6 Å². The van der Waals surface area contributed by atoms with Gasteiger partial charge in [-0.15, -0.1) is 11.3 Å². The molecule has 2 rings (SSSR count). The maximum absolute atomic E-state index is 11.9. The largest absolute Gasteiger partial charge is 0.393 e. The van der Waals surface area contributed by atoms with Gasteiger partial charge >= 0.3 is 0 Å². The zero-order valence-electron chi connectivity index (χ0n) is 10.7. The van der Waals surface area contributed by atoms with E-state index in [1.54, 1.807) is 6.20 Å². The molecule has 0 aromatic carbocycles. The van der Waals surface area contributed by atoms with Gasteiger partial charge in [-0.3, -0.25) is 4.79 Å². The first-order valence-corrected chi connectivity index (χ1v) is 7.43. The van der Waals surface area contributed by atoms with Crippen molar-refractivity contribution in [3.8, 4) is 0 Å². The van der Waals surface area contributed by atoms with E-state index in [2.05, 4.69) is 17.2 Å². The van der Waals surface area contributed by atoms with Gasteiger partial charge in [-0.05, 0) is 25.7 Å². The van der Waals surface area contributed by atoms with E-state index in [1.165, 1.54) is 11.3 Å². The van der Waals surface area contributed by atoms with Crippen LogP contribution >= 0.6 is 11.3 Å². The van der Waals surface area contributed by atoms with Gasteiger partial charge < -0.3 is 10.4 Å². The molecular weight excluding hydrogens is 248 g/mol. The van der Waals surface area contributed by atoms with Crippen LogP contribution in [-0.2, 0) is 6.42 Å². The molecule has 0 bridgehead atoms. The lowest BCUT2D eigenvalue weighted by Gasteiger charge is -2.14. The number of amides is 1. The van der Waals surface area contributed by atoms with Crippen LogP contribution in [0, 0.1) is 5.92 Å². The van der Waals surface area contributed by atoms with Gasteiger partial charge in [0.05, 0.1) is 17.3 Å². The molecule has 100 valence electrons. The molecule has 1 aliphatic rings. The first kappa shape index (κ1) is 13.5. The van der Waals surface area contributed by atoms with Crippen molar-refractivity contribution < 1.29 is 9.90 Å². The van der Waals surface area contributed by atoms with Crippen molar-refractivity contribution in [3.05, 3.63) is 16.1 Å². The van der Waals surface area contributed by atoms with Gasteiger partial charge in [-0.1, -0.05) is 13.3 Å². The van der Waals surface area contributed by atoms with Gasteiger partial charge in [0.25, 0.3) is 5.91 Å². The lowest BCUT2D eigenvalue weighted by Crippen LogP contribution is -2.32. The summed E-state index contributed by atoms with van der Waals surface area (Å²) in [5.41, 5.74) is 0. The number of rotatable bonds is 5. The molecule has 0 saturated heterocycles. The van der Waals surface area contributed by atoms with Gasteiger partial charge in [-0.25, -0.2) is 4.98 Å². The molecule has 0 radical (unpaired) electrons. The number of carbonyl (C=O) groups excluding carboxylic acids is 1. The Morgan fingerprint density at radius 2 is 2.44 bits per heavy atom. The monoisotopic (exact) mass is 268 g/mol. The SMILES string of the molecule is CCCc1ncc(C(=O)NCC2CCCC2O)s1. The minimum absolute atomic E-state index is 0.0612.